The number of carbonyl (C=O) groups excluding carboxylic acids is 1. The van der Waals surface area contributed by atoms with Gasteiger partial charge in [0.25, 0.3) is 0 Å². The van der Waals surface area contributed by atoms with Crippen molar-refractivity contribution in [2.75, 3.05) is 19.5 Å². The summed E-state index contributed by atoms with van der Waals surface area (Å²) in [6.45, 7) is 8.67. The summed E-state index contributed by atoms with van der Waals surface area (Å²) in [7, 11) is 1.59. The highest BCUT2D eigenvalue weighted by atomic mass is 32.2. The highest BCUT2D eigenvalue weighted by Crippen LogP contribution is 2.37. The first-order valence-corrected chi connectivity index (χ1v) is 10.2. The number of benzene rings is 2. The molecule has 0 spiro atoms. The molecule has 0 unspecified atom stereocenters. The van der Waals surface area contributed by atoms with Gasteiger partial charge in [-0.1, -0.05) is 26.8 Å². The Hall–Kier alpha value is -2.34. The van der Waals surface area contributed by atoms with Gasteiger partial charge in [-0.15, -0.1) is 0 Å². The number of esters is 1. The van der Waals surface area contributed by atoms with Crippen LogP contribution in [0.15, 0.2) is 36.4 Å². The molecule has 0 amide bonds. The molecule has 0 bridgehead atoms. The van der Waals surface area contributed by atoms with Crippen molar-refractivity contribution in [2.24, 2.45) is 0 Å². The zero-order valence-corrected chi connectivity index (χ0v) is 18.0. The van der Waals surface area contributed by atoms with Crippen molar-refractivity contribution in [3.8, 4) is 17.2 Å². The lowest BCUT2D eigenvalue weighted by Gasteiger charge is -2.20. The third kappa shape index (κ3) is 6.68. The molecule has 0 aliphatic carbocycles. The predicted octanol–water partition coefficient (Wildman–Crippen LogP) is 5.21. The molecule has 5 nitrogen and oxygen atoms in total. The molecular formula is C22H29NO4S. The topological polar surface area (TPSA) is 70.8 Å². The van der Waals surface area contributed by atoms with Gasteiger partial charge in [0.2, 0.25) is 0 Å². The summed E-state index contributed by atoms with van der Waals surface area (Å²) >= 11 is 1.82. The van der Waals surface area contributed by atoms with Gasteiger partial charge in [0.15, 0.2) is 11.5 Å². The van der Waals surface area contributed by atoms with E-state index >= 15 is 0 Å². The third-order valence-electron chi connectivity index (χ3n) is 3.85. The maximum atomic E-state index is 11.8. The number of methoxy groups -OCH3 is 1. The minimum absolute atomic E-state index is 0.124. The standard InChI is InChI=1S/C22H29NO4S/c1-6-26-21(24)12-15-7-9-19(25-5)20(11-15)27-18-10-8-17(23)13-16(18)14-28-22(2,3)4/h7-11,13H,6,12,14,23H2,1-5H3. The lowest BCUT2D eigenvalue weighted by molar-refractivity contribution is -0.142. The summed E-state index contributed by atoms with van der Waals surface area (Å²) in [5.74, 6) is 2.37. The van der Waals surface area contributed by atoms with E-state index in [4.69, 9.17) is 19.9 Å². The Morgan fingerprint density at radius 2 is 1.79 bits per heavy atom. The van der Waals surface area contributed by atoms with Crippen LogP contribution in [0.2, 0.25) is 0 Å². The number of nitrogen functional groups attached to an aromatic ring is 1. The van der Waals surface area contributed by atoms with E-state index in [2.05, 4.69) is 20.8 Å². The first-order chi connectivity index (χ1) is 13.2. The molecule has 2 aromatic rings. The van der Waals surface area contributed by atoms with Crippen LogP contribution in [0.5, 0.6) is 17.2 Å². The number of carbonyl (C=O) groups is 1. The summed E-state index contributed by atoms with van der Waals surface area (Å²) in [5, 5.41) is 0. The molecule has 0 saturated carbocycles. The molecule has 0 radical (unpaired) electrons. The van der Waals surface area contributed by atoms with Crippen molar-refractivity contribution in [1.82, 2.24) is 0 Å². The Labute approximate surface area is 171 Å². The summed E-state index contributed by atoms with van der Waals surface area (Å²) in [5.41, 5.74) is 8.49. The smallest absolute Gasteiger partial charge is 0.310 e. The van der Waals surface area contributed by atoms with E-state index in [0.29, 0.717) is 23.8 Å². The second-order valence-corrected chi connectivity index (χ2v) is 9.14. The van der Waals surface area contributed by atoms with Crippen molar-refractivity contribution in [1.29, 1.82) is 0 Å². The predicted molar refractivity (Wildman–Crippen MR) is 115 cm³/mol. The minimum Gasteiger partial charge on any atom is -0.493 e. The SMILES string of the molecule is CCOC(=O)Cc1ccc(OC)c(Oc2ccc(N)cc2CSC(C)(C)C)c1. The molecule has 6 heteroatoms. The Kier molecular flexibility index (Phi) is 7.63. The first kappa shape index (κ1) is 22.0. The molecule has 2 aromatic carbocycles. The van der Waals surface area contributed by atoms with E-state index in [0.717, 1.165) is 22.6 Å². The van der Waals surface area contributed by atoms with Gasteiger partial charge in [-0.3, -0.25) is 4.79 Å². The first-order valence-electron chi connectivity index (χ1n) is 9.24. The normalized spacial score (nSPS) is 11.2. The van der Waals surface area contributed by atoms with Crippen molar-refractivity contribution < 1.29 is 19.0 Å². The monoisotopic (exact) mass is 403 g/mol. The van der Waals surface area contributed by atoms with Gasteiger partial charge in [-0.25, -0.2) is 0 Å². The number of hydrogen-bond acceptors (Lipinski definition) is 6. The molecule has 0 fully saturated rings. The molecule has 0 heterocycles. The Morgan fingerprint density at radius 3 is 2.43 bits per heavy atom. The molecule has 152 valence electrons. The van der Waals surface area contributed by atoms with Crippen LogP contribution in [0.1, 0.15) is 38.8 Å². The zero-order valence-electron chi connectivity index (χ0n) is 17.2. The van der Waals surface area contributed by atoms with Crippen LogP contribution in [0.3, 0.4) is 0 Å². The number of ether oxygens (including phenoxy) is 3. The van der Waals surface area contributed by atoms with E-state index in [1.165, 1.54) is 0 Å². The quantitative estimate of drug-likeness (QED) is 0.482. The largest absolute Gasteiger partial charge is 0.493 e. The average Bonchev–Trinajstić information content (AvgIpc) is 2.61. The van der Waals surface area contributed by atoms with Crippen LogP contribution >= 0.6 is 11.8 Å². The molecule has 2 rings (SSSR count). The molecule has 2 N–H and O–H groups in total. The Balaban J connectivity index is 2.29. The molecule has 0 atom stereocenters. The second kappa shape index (κ2) is 9.73. The van der Waals surface area contributed by atoms with Gasteiger partial charge in [0.05, 0.1) is 20.1 Å². The maximum absolute atomic E-state index is 11.8. The minimum atomic E-state index is -0.270. The molecule has 0 aliphatic heterocycles. The van der Waals surface area contributed by atoms with Crippen LogP contribution < -0.4 is 15.2 Å². The van der Waals surface area contributed by atoms with Gasteiger partial charge < -0.3 is 19.9 Å². The van der Waals surface area contributed by atoms with Gasteiger partial charge >= 0.3 is 5.97 Å². The second-order valence-electron chi connectivity index (χ2n) is 7.34. The fourth-order valence-corrected chi connectivity index (χ4v) is 3.33. The Morgan fingerprint density at radius 1 is 1.07 bits per heavy atom. The Bertz CT molecular complexity index is 815. The van der Waals surface area contributed by atoms with Crippen molar-refractivity contribution >= 4 is 23.4 Å². The molecule has 28 heavy (non-hydrogen) atoms. The van der Waals surface area contributed by atoms with Crippen LogP contribution in [-0.4, -0.2) is 24.4 Å². The van der Waals surface area contributed by atoms with Crippen molar-refractivity contribution in [2.45, 2.75) is 44.6 Å². The average molecular weight is 404 g/mol. The molecule has 0 aromatic heterocycles. The third-order valence-corrected chi connectivity index (χ3v) is 5.17. The number of hydrogen-bond donors (Lipinski definition) is 1. The van der Waals surface area contributed by atoms with Crippen molar-refractivity contribution in [3.63, 3.8) is 0 Å². The summed E-state index contributed by atoms with van der Waals surface area (Å²) in [6.07, 6.45) is 0.183. The number of rotatable bonds is 8. The van der Waals surface area contributed by atoms with Gasteiger partial charge in [0.1, 0.15) is 5.75 Å². The molecular weight excluding hydrogens is 374 g/mol. The van der Waals surface area contributed by atoms with Gasteiger partial charge in [-0.05, 0) is 42.8 Å². The highest BCUT2D eigenvalue weighted by Gasteiger charge is 2.16. The lowest BCUT2D eigenvalue weighted by Crippen LogP contribution is -2.08. The number of nitrogens with two attached hydrogens (primary N) is 1. The van der Waals surface area contributed by atoms with E-state index in [1.54, 1.807) is 20.1 Å². The molecule has 0 aliphatic rings. The maximum Gasteiger partial charge on any atom is 0.310 e. The lowest BCUT2D eigenvalue weighted by atomic mass is 10.1. The number of anilines is 1. The van der Waals surface area contributed by atoms with Crippen molar-refractivity contribution in [3.05, 3.63) is 47.5 Å². The summed E-state index contributed by atoms with van der Waals surface area (Å²) < 4.78 is 16.8. The molecule has 0 saturated heterocycles. The van der Waals surface area contributed by atoms with E-state index in [9.17, 15) is 4.79 Å². The van der Waals surface area contributed by atoms with Gasteiger partial charge in [0, 0.05) is 21.8 Å². The number of thioether (sulfide) groups is 1. The fourth-order valence-electron chi connectivity index (χ4n) is 2.51. The van der Waals surface area contributed by atoms with Crippen LogP contribution in [0.4, 0.5) is 5.69 Å². The van der Waals surface area contributed by atoms with Crippen LogP contribution in [0, 0.1) is 0 Å². The fraction of sp³-hybridized carbons (Fsp3) is 0.409. The zero-order chi connectivity index (χ0) is 20.7. The van der Waals surface area contributed by atoms with E-state index < -0.39 is 0 Å². The van der Waals surface area contributed by atoms with Crippen LogP contribution in [0.25, 0.3) is 0 Å². The van der Waals surface area contributed by atoms with Gasteiger partial charge in [-0.2, -0.15) is 11.8 Å². The summed E-state index contributed by atoms with van der Waals surface area (Å²) in [4.78, 5) is 11.8. The van der Waals surface area contributed by atoms with E-state index in [1.807, 2.05) is 42.1 Å². The van der Waals surface area contributed by atoms with E-state index in [-0.39, 0.29) is 17.1 Å². The summed E-state index contributed by atoms with van der Waals surface area (Å²) in [6, 6.07) is 11.1. The highest BCUT2D eigenvalue weighted by molar-refractivity contribution is 7.99. The van der Waals surface area contributed by atoms with Crippen LogP contribution in [-0.2, 0) is 21.7 Å².